The second-order valence-electron chi connectivity index (χ2n) is 9.08. The first kappa shape index (κ1) is 27.0. The molecule has 2 heterocycles. The molecule has 3 rings (SSSR count). The van der Waals surface area contributed by atoms with Gasteiger partial charge in [-0.1, -0.05) is 38.5 Å². The number of nitrogens with zero attached hydrogens (tertiary/aromatic N) is 1. The number of fused-ring (bicyclic) bond motifs is 1. The number of rotatable bonds is 7. The zero-order valence-corrected chi connectivity index (χ0v) is 21.6. The molecule has 2 atom stereocenters. The van der Waals surface area contributed by atoms with Gasteiger partial charge in [-0.15, -0.1) is 0 Å². The van der Waals surface area contributed by atoms with Gasteiger partial charge in [-0.05, 0) is 60.8 Å². The summed E-state index contributed by atoms with van der Waals surface area (Å²) in [6.45, 7) is 4.02. The van der Waals surface area contributed by atoms with Crippen LogP contribution in [0.1, 0.15) is 50.8 Å². The first-order valence-corrected chi connectivity index (χ1v) is 14.1. The second-order valence-corrected chi connectivity index (χ2v) is 11.4. The monoisotopic (exact) mass is 520 g/mol. The zero-order valence-electron chi connectivity index (χ0n) is 20.0. The minimum absolute atomic E-state index is 0.00736. The van der Waals surface area contributed by atoms with Crippen LogP contribution in [0, 0.1) is 5.92 Å². The molecule has 0 spiro atoms. The van der Waals surface area contributed by atoms with E-state index in [-0.39, 0.29) is 30.2 Å². The van der Waals surface area contributed by atoms with E-state index in [0.29, 0.717) is 12.8 Å². The van der Waals surface area contributed by atoms with E-state index in [1.807, 2.05) is 19.2 Å². The summed E-state index contributed by atoms with van der Waals surface area (Å²) in [5.74, 6) is -2.11. The standard InChI is InChI=1S/C24H32N4O5S2/c1-16(2)14-21(28-35(32,33)18-9-4-3-5-10-18)23(30)26-20-11-7-6-8-17-15-34-27-19(17)12-13-25-24(31)22(20)29/h3-5,9-10,15-16,20-21,28H,6-8,11-14H2,1-2H3,(H,25,31)(H,26,30). The Hall–Kier alpha value is -2.63. The van der Waals surface area contributed by atoms with Crippen molar-refractivity contribution in [2.24, 2.45) is 5.92 Å². The molecule has 1 aromatic carbocycles. The molecule has 0 aliphatic carbocycles. The quantitative estimate of drug-likeness (QED) is 0.478. The molecule has 0 fully saturated rings. The summed E-state index contributed by atoms with van der Waals surface area (Å²) >= 11 is 1.38. The number of carbonyl (C=O) groups excluding carboxylic acids is 3. The first-order valence-electron chi connectivity index (χ1n) is 11.8. The fourth-order valence-electron chi connectivity index (χ4n) is 3.97. The Balaban J connectivity index is 1.74. The van der Waals surface area contributed by atoms with Gasteiger partial charge in [-0.3, -0.25) is 14.4 Å². The molecule has 2 aromatic rings. The number of carbonyl (C=O) groups is 3. The van der Waals surface area contributed by atoms with Gasteiger partial charge in [-0.2, -0.15) is 9.10 Å². The van der Waals surface area contributed by atoms with Crippen molar-refractivity contribution in [2.45, 2.75) is 69.4 Å². The predicted molar refractivity (Wildman–Crippen MR) is 133 cm³/mol. The maximum Gasteiger partial charge on any atom is 0.289 e. The Bertz CT molecular complexity index is 1130. The molecule has 1 aliphatic heterocycles. The third-order valence-corrected chi connectivity index (χ3v) is 8.00. The summed E-state index contributed by atoms with van der Waals surface area (Å²) in [5, 5.41) is 7.28. The number of ketones is 1. The molecule has 190 valence electrons. The number of nitrogens with one attached hydrogen (secondary N) is 3. The van der Waals surface area contributed by atoms with E-state index >= 15 is 0 Å². The highest BCUT2D eigenvalue weighted by atomic mass is 32.2. The number of aryl methyl sites for hydroxylation is 1. The van der Waals surface area contributed by atoms with E-state index in [2.05, 4.69) is 19.7 Å². The van der Waals surface area contributed by atoms with E-state index in [9.17, 15) is 22.8 Å². The Morgan fingerprint density at radius 3 is 2.63 bits per heavy atom. The molecular formula is C24H32N4O5S2. The summed E-state index contributed by atoms with van der Waals surface area (Å²) in [5.41, 5.74) is 2.08. The number of amides is 2. The van der Waals surface area contributed by atoms with Gasteiger partial charge in [-0.25, -0.2) is 8.42 Å². The van der Waals surface area contributed by atoms with E-state index in [1.165, 1.54) is 23.7 Å². The first-order chi connectivity index (χ1) is 16.7. The Kier molecular flexibility index (Phi) is 9.53. The van der Waals surface area contributed by atoms with Gasteiger partial charge < -0.3 is 10.6 Å². The van der Waals surface area contributed by atoms with Crippen molar-refractivity contribution in [1.82, 2.24) is 19.7 Å². The minimum Gasteiger partial charge on any atom is -0.349 e. The predicted octanol–water partition coefficient (Wildman–Crippen LogP) is 1.98. The molecule has 2 amide bonds. The van der Waals surface area contributed by atoms with E-state index in [1.54, 1.807) is 18.2 Å². The van der Waals surface area contributed by atoms with Crippen LogP contribution in [0.3, 0.4) is 0 Å². The molecule has 2 unspecified atom stereocenters. The molecular weight excluding hydrogens is 488 g/mol. The molecule has 1 aliphatic rings. The molecule has 1 aromatic heterocycles. The third-order valence-electron chi connectivity index (χ3n) is 5.80. The van der Waals surface area contributed by atoms with Crippen LogP contribution in [0.25, 0.3) is 0 Å². The van der Waals surface area contributed by atoms with E-state index in [4.69, 9.17) is 0 Å². The van der Waals surface area contributed by atoms with Crippen molar-refractivity contribution < 1.29 is 22.8 Å². The summed E-state index contributed by atoms with van der Waals surface area (Å²) in [7, 11) is -3.95. The number of sulfonamides is 1. The maximum absolute atomic E-state index is 13.2. The minimum atomic E-state index is -3.95. The molecule has 0 bridgehead atoms. The molecule has 0 radical (unpaired) electrons. The number of Topliss-reactive ketones (excluding diaryl/α,β-unsaturated/α-hetero) is 1. The van der Waals surface area contributed by atoms with Gasteiger partial charge in [0.25, 0.3) is 5.91 Å². The topological polar surface area (TPSA) is 134 Å². The van der Waals surface area contributed by atoms with Gasteiger partial charge in [0.2, 0.25) is 21.7 Å². The van der Waals surface area contributed by atoms with Crippen molar-refractivity contribution in [3.8, 4) is 0 Å². The maximum atomic E-state index is 13.2. The van der Waals surface area contributed by atoms with Crippen LogP contribution in [-0.4, -0.2) is 49.0 Å². The van der Waals surface area contributed by atoms with Crippen LogP contribution >= 0.6 is 11.5 Å². The van der Waals surface area contributed by atoms with Crippen LogP contribution < -0.4 is 15.4 Å². The van der Waals surface area contributed by atoms with Crippen LogP contribution in [0.5, 0.6) is 0 Å². The molecule has 11 heteroatoms. The van der Waals surface area contributed by atoms with Crippen molar-refractivity contribution in [1.29, 1.82) is 0 Å². The third kappa shape index (κ3) is 7.68. The average Bonchev–Trinajstić information content (AvgIpc) is 3.26. The molecule has 9 nitrogen and oxygen atoms in total. The highest BCUT2D eigenvalue weighted by Crippen LogP contribution is 2.17. The lowest BCUT2D eigenvalue weighted by Gasteiger charge is -2.24. The van der Waals surface area contributed by atoms with Gasteiger partial charge >= 0.3 is 0 Å². The Morgan fingerprint density at radius 1 is 1.17 bits per heavy atom. The fraction of sp³-hybridized carbons (Fsp3) is 0.500. The fourth-order valence-corrected chi connectivity index (χ4v) is 5.97. The number of benzene rings is 1. The highest BCUT2D eigenvalue weighted by molar-refractivity contribution is 7.89. The second kappa shape index (κ2) is 12.4. The van der Waals surface area contributed by atoms with Crippen LogP contribution in [0.2, 0.25) is 0 Å². The number of hydrogen-bond acceptors (Lipinski definition) is 7. The zero-order chi connectivity index (χ0) is 25.4. The van der Waals surface area contributed by atoms with Crippen molar-refractivity contribution in [3.05, 3.63) is 47.0 Å². The van der Waals surface area contributed by atoms with Gasteiger partial charge in [0, 0.05) is 18.3 Å². The van der Waals surface area contributed by atoms with E-state index in [0.717, 1.165) is 24.1 Å². The van der Waals surface area contributed by atoms with Crippen molar-refractivity contribution >= 4 is 39.2 Å². The molecule has 3 N–H and O–H groups in total. The number of aromatic nitrogens is 1. The molecule has 0 saturated heterocycles. The summed E-state index contributed by atoms with van der Waals surface area (Å²) in [4.78, 5) is 38.6. The van der Waals surface area contributed by atoms with Crippen LogP contribution in [0.4, 0.5) is 0 Å². The molecule has 35 heavy (non-hydrogen) atoms. The highest BCUT2D eigenvalue weighted by Gasteiger charge is 2.32. The van der Waals surface area contributed by atoms with Crippen molar-refractivity contribution in [3.63, 3.8) is 0 Å². The lowest BCUT2D eigenvalue weighted by Crippen LogP contribution is -2.54. The SMILES string of the molecule is CC(C)CC(NS(=O)(=O)c1ccccc1)C(=O)NC1CCCCc2csnc2CCNC(=O)C1=O. The lowest BCUT2D eigenvalue weighted by atomic mass is 9.99. The Morgan fingerprint density at radius 2 is 1.91 bits per heavy atom. The van der Waals surface area contributed by atoms with Gasteiger partial charge in [0.15, 0.2) is 0 Å². The summed E-state index contributed by atoms with van der Waals surface area (Å²) in [6, 6.07) is 5.68. The van der Waals surface area contributed by atoms with Crippen LogP contribution in [0.15, 0.2) is 40.6 Å². The normalized spacial score (nSPS) is 18.7. The van der Waals surface area contributed by atoms with Crippen LogP contribution in [-0.2, 0) is 37.2 Å². The van der Waals surface area contributed by atoms with Gasteiger partial charge in [0.05, 0.1) is 16.6 Å². The van der Waals surface area contributed by atoms with Crippen molar-refractivity contribution in [2.75, 3.05) is 6.54 Å². The smallest absolute Gasteiger partial charge is 0.289 e. The largest absolute Gasteiger partial charge is 0.349 e. The Labute approximate surface area is 210 Å². The summed E-state index contributed by atoms with van der Waals surface area (Å²) in [6.07, 6.45) is 3.25. The van der Waals surface area contributed by atoms with E-state index < -0.39 is 39.7 Å². The summed E-state index contributed by atoms with van der Waals surface area (Å²) < 4.78 is 32.5. The molecule has 0 saturated carbocycles. The number of hydrogen-bond donors (Lipinski definition) is 3. The average molecular weight is 521 g/mol. The van der Waals surface area contributed by atoms with Gasteiger partial charge in [0.1, 0.15) is 6.04 Å². The lowest BCUT2D eigenvalue weighted by molar-refractivity contribution is -0.140.